The Hall–Kier alpha value is -3.61. The molecule has 0 aliphatic carbocycles. The van der Waals surface area contributed by atoms with E-state index in [1.165, 1.54) is 0 Å². The Balaban J connectivity index is 1.76. The number of nitrogens with zero attached hydrogens (tertiary/aromatic N) is 3. The lowest BCUT2D eigenvalue weighted by molar-refractivity contribution is 0.204. The summed E-state index contributed by atoms with van der Waals surface area (Å²) in [7, 11) is 1.63. The van der Waals surface area contributed by atoms with Crippen LogP contribution in [0, 0.1) is 6.92 Å². The van der Waals surface area contributed by atoms with Crippen LogP contribution in [0.3, 0.4) is 0 Å². The van der Waals surface area contributed by atoms with Crippen LogP contribution in [-0.4, -0.2) is 34.7 Å². The Morgan fingerprint density at radius 1 is 1.12 bits per heavy atom. The van der Waals surface area contributed by atoms with E-state index >= 15 is 0 Å². The van der Waals surface area contributed by atoms with E-state index in [2.05, 4.69) is 17.4 Å². The van der Waals surface area contributed by atoms with Crippen LogP contribution in [0.4, 0.5) is 4.79 Å². The number of hydrogen-bond donors (Lipinski definition) is 1. The number of rotatable bonds is 8. The van der Waals surface area contributed by atoms with Gasteiger partial charge in [0.25, 0.3) is 5.89 Å². The Labute approximate surface area is 194 Å². The van der Waals surface area contributed by atoms with Crippen LogP contribution in [0.2, 0.25) is 0 Å². The number of nitrogens with one attached hydrogen (secondary N) is 1. The summed E-state index contributed by atoms with van der Waals surface area (Å²) in [6.45, 7) is 6.77. The van der Waals surface area contributed by atoms with Crippen LogP contribution < -0.4 is 10.1 Å². The molecule has 0 fully saturated rings. The molecule has 1 N–H and O–H groups in total. The molecule has 1 aliphatic heterocycles. The third-order valence-corrected chi connectivity index (χ3v) is 5.96. The van der Waals surface area contributed by atoms with Gasteiger partial charge in [0.15, 0.2) is 0 Å². The topological polar surface area (TPSA) is 80.5 Å². The van der Waals surface area contributed by atoms with Gasteiger partial charge in [-0.25, -0.2) is 4.79 Å². The average molecular weight is 447 g/mol. The maximum absolute atomic E-state index is 13.0. The molecule has 7 heteroatoms. The summed E-state index contributed by atoms with van der Waals surface area (Å²) in [6.07, 6.45) is 3.08. The number of ether oxygens (including phenoxy) is 1. The fourth-order valence-electron chi connectivity index (χ4n) is 4.13. The van der Waals surface area contributed by atoms with Gasteiger partial charge >= 0.3 is 6.03 Å². The Morgan fingerprint density at radius 2 is 1.91 bits per heavy atom. The van der Waals surface area contributed by atoms with Crippen molar-refractivity contribution < 1.29 is 14.1 Å². The maximum Gasteiger partial charge on any atom is 0.322 e. The van der Waals surface area contributed by atoms with E-state index in [0.717, 1.165) is 53.0 Å². The molecule has 2 aromatic carbocycles. The van der Waals surface area contributed by atoms with Gasteiger partial charge in [0, 0.05) is 17.8 Å². The number of methoxy groups -OCH3 is 1. The molecule has 33 heavy (non-hydrogen) atoms. The van der Waals surface area contributed by atoms with E-state index in [4.69, 9.17) is 14.2 Å². The first kappa shape index (κ1) is 22.6. The molecule has 0 spiro atoms. The van der Waals surface area contributed by atoms with Crippen molar-refractivity contribution in [1.29, 1.82) is 0 Å². The monoisotopic (exact) mass is 446 g/mol. The van der Waals surface area contributed by atoms with Gasteiger partial charge in [-0.05, 0) is 44.0 Å². The van der Waals surface area contributed by atoms with Crippen molar-refractivity contribution in [3.8, 4) is 17.1 Å². The molecule has 1 aromatic heterocycles. The highest BCUT2D eigenvalue weighted by atomic mass is 16.5. The minimum Gasteiger partial charge on any atom is -0.497 e. The largest absolute Gasteiger partial charge is 0.497 e. The normalized spacial score (nSPS) is 16.2. The second-order valence-corrected chi connectivity index (χ2v) is 8.31. The van der Waals surface area contributed by atoms with Crippen LogP contribution in [0.5, 0.6) is 5.75 Å². The summed E-state index contributed by atoms with van der Waals surface area (Å²) in [4.78, 5) is 19.5. The van der Waals surface area contributed by atoms with Crippen molar-refractivity contribution in [3.05, 3.63) is 71.2 Å². The summed E-state index contributed by atoms with van der Waals surface area (Å²) in [5.41, 5.74) is 4.57. The fourth-order valence-corrected chi connectivity index (χ4v) is 4.13. The molecule has 172 valence electrons. The molecule has 7 nitrogen and oxygen atoms in total. The molecular formula is C26H30N4O3. The van der Waals surface area contributed by atoms with Crippen LogP contribution in [0.15, 0.2) is 58.8 Å². The predicted molar refractivity (Wildman–Crippen MR) is 128 cm³/mol. The summed E-state index contributed by atoms with van der Waals surface area (Å²) in [6, 6.07) is 15.1. The summed E-state index contributed by atoms with van der Waals surface area (Å²) in [5, 5.41) is 7.39. The quantitative estimate of drug-likeness (QED) is 0.446. The van der Waals surface area contributed by atoms with Gasteiger partial charge in [0.2, 0.25) is 5.82 Å². The second-order valence-electron chi connectivity index (χ2n) is 8.31. The smallest absolute Gasteiger partial charge is 0.322 e. The molecule has 1 atom stereocenters. The van der Waals surface area contributed by atoms with E-state index in [1.54, 1.807) is 12.0 Å². The number of allylic oxidation sites excluding steroid dienone is 1. The van der Waals surface area contributed by atoms with Gasteiger partial charge in [0.05, 0.1) is 18.7 Å². The number of aromatic nitrogens is 2. The number of carbonyl (C=O) groups excluding carboxylic acids is 1. The van der Waals surface area contributed by atoms with Gasteiger partial charge in [-0.1, -0.05) is 60.8 Å². The molecule has 0 saturated heterocycles. The molecule has 0 bridgehead atoms. The molecule has 0 radical (unpaired) electrons. The Morgan fingerprint density at radius 3 is 2.61 bits per heavy atom. The third-order valence-electron chi connectivity index (χ3n) is 5.96. The van der Waals surface area contributed by atoms with Crippen molar-refractivity contribution in [1.82, 2.24) is 20.4 Å². The fraction of sp³-hybridized carbons (Fsp3) is 0.346. The van der Waals surface area contributed by atoms with Crippen molar-refractivity contribution >= 4 is 11.6 Å². The first-order valence-electron chi connectivity index (χ1n) is 11.4. The third kappa shape index (κ3) is 4.77. The van der Waals surface area contributed by atoms with E-state index in [1.807, 2.05) is 62.4 Å². The lowest BCUT2D eigenvalue weighted by Gasteiger charge is -2.35. The van der Waals surface area contributed by atoms with E-state index in [-0.39, 0.29) is 6.03 Å². The first-order chi connectivity index (χ1) is 16.0. The van der Waals surface area contributed by atoms with Gasteiger partial charge in [-0.15, -0.1) is 0 Å². The van der Waals surface area contributed by atoms with Gasteiger partial charge in [-0.3, -0.25) is 4.90 Å². The minimum absolute atomic E-state index is 0.119. The van der Waals surface area contributed by atoms with Crippen LogP contribution >= 0.6 is 0 Å². The molecule has 4 rings (SSSR count). The van der Waals surface area contributed by atoms with E-state index in [0.29, 0.717) is 18.3 Å². The molecular weight excluding hydrogens is 416 g/mol. The number of unbranched alkanes of at least 4 members (excludes halogenated alkanes) is 2. The van der Waals surface area contributed by atoms with Crippen molar-refractivity contribution in [3.63, 3.8) is 0 Å². The second kappa shape index (κ2) is 9.90. The zero-order chi connectivity index (χ0) is 23.4. The maximum atomic E-state index is 13.0. The summed E-state index contributed by atoms with van der Waals surface area (Å²) < 4.78 is 11.0. The SMILES string of the molecule is CCCCCN1C(=O)NC(c2ccc(OC)cc2)C(c2nc(-c3cccc(C)c3)no2)=C1C. The lowest BCUT2D eigenvalue weighted by Crippen LogP contribution is -2.46. The summed E-state index contributed by atoms with van der Waals surface area (Å²) in [5.74, 6) is 1.69. The highest BCUT2D eigenvalue weighted by molar-refractivity contribution is 5.86. The number of carbonyl (C=O) groups is 1. The molecule has 2 heterocycles. The first-order valence-corrected chi connectivity index (χ1v) is 11.4. The van der Waals surface area contributed by atoms with Gasteiger partial charge in [-0.2, -0.15) is 4.98 Å². The van der Waals surface area contributed by atoms with Crippen LogP contribution in [0.1, 0.15) is 56.2 Å². The van der Waals surface area contributed by atoms with E-state index in [9.17, 15) is 4.79 Å². The number of amides is 2. The zero-order valence-electron chi connectivity index (χ0n) is 19.6. The zero-order valence-corrected chi connectivity index (χ0v) is 19.6. The number of benzene rings is 2. The minimum atomic E-state index is -0.406. The average Bonchev–Trinajstić information content (AvgIpc) is 3.31. The number of aryl methyl sites for hydroxylation is 1. The molecule has 0 saturated carbocycles. The summed E-state index contributed by atoms with van der Waals surface area (Å²) >= 11 is 0. The highest BCUT2D eigenvalue weighted by Crippen LogP contribution is 2.38. The van der Waals surface area contributed by atoms with Gasteiger partial charge < -0.3 is 14.6 Å². The molecule has 1 aliphatic rings. The standard InChI is InChI=1S/C26H30N4O3/c1-5-6-7-15-30-18(3)22(23(27-26(30)31)19-11-13-21(32-4)14-12-19)25-28-24(29-33-25)20-10-8-9-17(2)16-20/h8-14,16,23H,5-7,15H2,1-4H3,(H,27,31). The van der Waals surface area contributed by atoms with E-state index < -0.39 is 6.04 Å². The molecule has 1 unspecified atom stereocenters. The number of urea groups is 1. The Kier molecular flexibility index (Phi) is 6.77. The number of hydrogen-bond acceptors (Lipinski definition) is 5. The van der Waals surface area contributed by atoms with Crippen LogP contribution in [0.25, 0.3) is 17.0 Å². The van der Waals surface area contributed by atoms with Gasteiger partial charge in [0.1, 0.15) is 5.75 Å². The highest BCUT2D eigenvalue weighted by Gasteiger charge is 2.35. The molecule has 3 aromatic rings. The lowest BCUT2D eigenvalue weighted by atomic mass is 9.94. The van der Waals surface area contributed by atoms with Crippen molar-refractivity contribution in [2.24, 2.45) is 0 Å². The Bertz CT molecular complexity index is 1150. The van der Waals surface area contributed by atoms with Crippen LogP contribution in [-0.2, 0) is 0 Å². The predicted octanol–water partition coefficient (Wildman–Crippen LogP) is 5.74. The van der Waals surface area contributed by atoms with Crippen molar-refractivity contribution in [2.45, 2.75) is 46.1 Å². The van der Waals surface area contributed by atoms with Crippen molar-refractivity contribution in [2.75, 3.05) is 13.7 Å². The molecule has 2 amide bonds.